The van der Waals surface area contributed by atoms with Crippen LogP contribution in [0.15, 0.2) is 0 Å². The molecule has 0 aromatic rings. The van der Waals surface area contributed by atoms with E-state index in [0.29, 0.717) is 4.32 Å². The molecule has 0 N–H and O–H groups in total. The summed E-state index contributed by atoms with van der Waals surface area (Å²) in [6, 6.07) is 0. The quantitative estimate of drug-likeness (QED) is 0.275. The molecule has 0 aliphatic heterocycles. The Hall–Kier alpha value is 0.629. The number of hydrogen-bond donors (Lipinski definition) is 0. The van der Waals surface area contributed by atoms with Crippen LogP contribution in [0.3, 0.4) is 0 Å². The zero-order valence-corrected chi connectivity index (χ0v) is 13.0. The van der Waals surface area contributed by atoms with Crippen LogP contribution >= 0.6 is 12.2 Å². The summed E-state index contributed by atoms with van der Waals surface area (Å²) in [6.45, 7) is 6.57. The van der Waals surface area contributed by atoms with Crippen molar-refractivity contribution in [3.63, 3.8) is 0 Å². The normalized spacial score (nSPS) is 9.62. The van der Waals surface area contributed by atoms with E-state index in [1.165, 1.54) is 44.9 Å². The van der Waals surface area contributed by atoms with Crippen LogP contribution in [0.1, 0.15) is 58.8 Å². The van der Waals surface area contributed by atoms with Crippen molar-refractivity contribution in [2.45, 2.75) is 58.8 Å². The van der Waals surface area contributed by atoms with Crippen LogP contribution in [0.4, 0.5) is 0 Å². The minimum Gasteiger partial charge on any atom is -0.411 e. The first-order chi connectivity index (χ1) is 7.22. The van der Waals surface area contributed by atoms with Crippen LogP contribution in [0.25, 0.3) is 0 Å². The van der Waals surface area contributed by atoms with Gasteiger partial charge < -0.3 is 29.7 Å². The second kappa shape index (κ2) is 13.7. The smallest absolute Gasteiger partial charge is 0.411 e. The molecule has 0 bridgehead atoms. The molecular formula is C12H24CuNS2. The summed E-state index contributed by atoms with van der Waals surface area (Å²) in [4.78, 5) is 2.19. The van der Waals surface area contributed by atoms with Gasteiger partial charge in [-0.1, -0.05) is 50.3 Å². The van der Waals surface area contributed by atoms with E-state index in [1.807, 2.05) is 0 Å². The Morgan fingerprint density at radius 1 is 0.938 bits per heavy atom. The first-order valence-corrected chi connectivity index (χ1v) is 7.00. The molecule has 1 nitrogen and oxygen atoms in total. The van der Waals surface area contributed by atoms with E-state index in [2.05, 4.69) is 18.7 Å². The second-order valence-corrected chi connectivity index (χ2v) is 5.05. The van der Waals surface area contributed by atoms with E-state index in [0.717, 1.165) is 13.1 Å². The fourth-order valence-electron chi connectivity index (χ4n) is 1.58. The molecule has 0 atom stereocenters. The predicted octanol–water partition coefficient (Wildman–Crippen LogP) is 3.89. The number of unbranched alkanes of at least 4 members (excludes halogenated alkanes) is 5. The summed E-state index contributed by atoms with van der Waals surface area (Å²) < 4.78 is 0.655. The maximum Gasteiger partial charge on any atom is 1.00 e. The molecule has 0 fully saturated rings. The van der Waals surface area contributed by atoms with Gasteiger partial charge in [0.05, 0.1) is 0 Å². The molecule has 4 heteroatoms. The second-order valence-electron chi connectivity index (χ2n) is 4.02. The minimum atomic E-state index is 0. The van der Waals surface area contributed by atoms with Crippen LogP contribution < -0.4 is 0 Å². The Morgan fingerprint density at radius 3 is 1.81 bits per heavy atom. The van der Waals surface area contributed by atoms with Crippen molar-refractivity contribution in [1.29, 1.82) is 0 Å². The van der Waals surface area contributed by atoms with Gasteiger partial charge in [0.15, 0.2) is 0 Å². The summed E-state index contributed by atoms with van der Waals surface area (Å²) in [5.41, 5.74) is 0. The number of thiocarbonyl (C=S) groups is 1. The molecule has 16 heavy (non-hydrogen) atoms. The van der Waals surface area contributed by atoms with Crippen molar-refractivity contribution in [2.24, 2.45) is 0 Å². The van der Waals surface area contributed by atoms with E-state index in [4.69, 9.17) is 24.8 Å². The van der Waals surface area contributed by atoms with Crippen molar-refractivity contribution >= 4 is 29.2 Å². The van der Waals surface area contributed by atoms with Crippen molar-refractivity contribution in [1.82, 2.24) is 4.90 Å². The molecule has 0 saturated heterocycles. The zero-order chi connectivity index (χ0) is 11.5. The Bertz CT molecular complexity index is 165. The third-order valence-electron chi connectivity index (χ3n) is 2.57. The van der Waals surface area contributed by atoms with Crippen molar-refractivity contribution in [3.8, 4) is 0 Å². The van der Waals surface area contributed by atoms with Gasteiger partial charge in [0.2, 0.25) is 0 Å². The summed E-state index contributed by atoms with van der Waals surface area (Å²) in [7, 11) is 0. The summed E-state index contributed by atoms with van der Waals surface area (Å²) in [5.74, 6) is 0. The predicted molar refractivity (Wildman–Crippen MR) is 75.2 cm³/mol. The largest absolute Gasteiger partial charge is 1.00 e. The molecule has 100 valence electrons. The molecule has 0 saturated carbocycles. The van der Waals surface area contributed by atoms with E-state index in [-0.39, 0.29) is 17.1 Å². The third kappa shape index (κ3) is 11.1. The SMILES string of the molecule is CCCCCCN(CCCCC)C(=S)[S-].[Cu+]. The van der Waals surface area contributed by atoms with Gasteiger partial charge in [0.25, 0.3) is 0 Å². The first kappa shape index (κ1) is 19.0. The molecule has 0 aliphatic rings. The van der Waals surface area contributed by atoms with Gasteiger partial charge >= 0.3 is 17.1 Å². The number of hydrogen-bond acceptors (Lipinski definition) is 2. The van der Waals surface area contributed by atoms with Crippen LogP contribution in [-0.2, 0) is 29.7 Å². The maximum absolute atomic E-state index is 5.09. The molecule has 0 rings (SSSR count). The van der Waals surface area contributed by atoms with Gasteiger partial charge in [-0.25, -0.2) is 0 Å². The average molecular weight is 310 g/mol. The van der Waals surface area contributed by atoms with E-state index >= 15 is 0 Å². The fraction of sp³-hybridized carbons (Fsp3) is 0.917. The molecular weight excluding hydrogens is 286 g/mol. The number of rotatable bonds is 9. The van der Waals surface area contributed by atoms with Crippen molar-refractivity contribution in [3.05, 3.63) is 0 Å². The van der Waals surface area contributed by atoms with Gasteiger partial charge in [-0.05, 0) is 12.8 Å². The van der Waals surface area contributed by atoms with Crippen LogP contribution in [0.2, 0.25) is 0 Å². The molecule has 0 aromatic heterocycles. The summed E-state index contributed by atoms with van der Waals surface area (Å²) in [6.07, 6.45) is 8.91. The van der Waals surface area contributed by atoms with E-state index in [9.17, 15) is 0 Å². The number of nitrogens with zero attached hydrogens (tertiary/aromatic N) is 1. The Balaban J connectivity index is 0. The standard InChI is InChI=1S/C12H25NS2.Cu/c1-3-5-7-9-11-13(12(14)15)10-8-6-4-2;/h3-11H2,1-2H3,(H,14,15);/q;+1/p-1. The minimum absolute atomic E-state index is 0. The molecule has 0 aromatic carbocycles. The average Bonchev–Trinajstić information content (AvgIpc) is 2.21. The topological polar surface area (TPSA) is 3.24 Å². The Labute approximate surface area is 123 Å². The molecule has 0 unspecified atom stereocenters. The molecule has 0 heterocycles. The summed E-state index contributed by atoms with van der Waals surface area (Å²) >= 11 is 10.2. The van der Waals surface area contributed by atoms with Gasteiger partial charge in [0, 0.05) is 13.1 Å². The van der Waals surface area contributed by atoms with Gasteiger partial charge in [0.1, 0.15) is 0 Å². The Kier molecular flexibility index (Phi) is 16.2. The van der Waals surface area contributed by atoms with Crippen LogP contribution in [0.5, 0.6) is 0 Å². The monoisotopic (exact) mass is 309 g/mol. The zero-order valence-electron chi connectivity index (χ0n) is 10.4. The van der Waals surface area contributed by atoms with Gasteiger partial charge in [-0.2, -0.15) is 0 Å². The van der Waals surface area contributed by atoms with E-state index < -0.39 is 0 Å². The third-order valence-corrected chi connectivity index (χ3v) is 3.09. The molecule has 0 aliphatic carbocycles. The summed E-state index contributed by atoms with van der Waals surface area (Å²) in [5, 5.41) is 0. The van der Waals surface area contributed by atoms with Crippen molar-refractivity contribution in [2.75, 3.05) is 13.1 Å². The maximum atomic E-state index is 5.09. The first-order valence-electron chi connectivity index (χ1n) is 6.18. The van der Waals surface area contributed by atoms with Gasteiger partial charge in [-0.3, -0.25) is 0 Å². The van der Waals surface area contributed by atoms with Crippen LogP contribution in [-0.4, -0.2) is 22.3 Å². The molecule has 0 spiro atoms. The fourth-order valence-corrected chi connectivity index (χ4v) is 1.94. The molecule has 0 amide bonds. The molecule has 0 radical (unpaired) electrons. The Morgan fingerprint density at radius 2 is 1.38 bits per heavy atom. The van der Waals surface area contributed by atoms with Gasteiger partial charge in [-0.15, -0.1) is 0 Å². The van der Waals surface area contributed by atoms with Crippen LogP contribution in [0, 0.1) is 0 Å². The van der Waals surface area contributed by atoms with E-state index in [1.54, 1.807) is 0 Å². The van der Waals surface area contributed by atoms with Crippen molar-refractivity contribution < 1.29 is 17.1 Å².